The van der Waals surface area contributed by atoms with Gasteiger partial charge in [-0.3, -0.25) is 4.84 Å². The summed E-state index contributed by atoms with van der Waals surface area (Å²) in [7, 11) is 0. The van der Waals surface area contributed by atoms with Crippen LogP contribution in [-0.2, 0) is 23.8 Å². The van der Waals surface area contributed by atoms with Gasteiger partial charge in [0, 0.05) is 0 Å². The number of nitriles is 1. The topological polar surface area (TPSA) is 90.1 Å². The maximum Gasteiger partial charge on any atom is 0.352 e. The highest BCUT2D eigenvalue weighted by atomic mass is 16.7. The molecule has 0 N–H and O–H groups in total. The van der Waals surface area contributed by atoms with Crippen molar-refractivity contribution >= 4 is 12.2 Å². The molecule has 0 unspecified atom stereocenters. The molecule has 16 heavy (non-hydrogen) atoms. The highest BCUT2D eigenvalue weighted by Gasteiger charge is 2.33. The van der Waals surface area contributed by atoms with Gasteiger partial charge in [0.25, 0.3) is 0 Å². The van der Waals surface area contributed by atoms with Crippen LogP contribution in [-0.4, -0.2) is 37.3 Å². The Kier molecular flexibility index (Phi) is 4.22. The number of ether oxygens (including phenoxy) is 3. The summed E-state index contributed by atoms with van der Waals surface area (Å²) in [5, 5.41) is 11.0. The smallest absolute Gasteiger partial charge is 0.352 e. The molecule has 0 bridgehead atoms. The highest BCUT2D eigenvalue weighted by molar-refractivity contribution is 6.22. The normalized spacial score (nSPS) is 22.9. The number of oxime groups is 1. The van der Waals surface area contributed by atoms with E-state index in [4.69, 9.17) is 19.5 Å². The molecule has 0 radical (unpaired) electrons. The first kappa shape index (κ1) is 12.4. The Labute approximate surface area is 92.5 Å². The Bertz CT molecular complexity index is 320. The van der Waals surface area contributed by atoms with E-state index in [1.165, 1.54) is 6.26 Å². The third-order valence-corrected chi connectivity index (χ3v) is 1.73. The SMILES string of the molecule is CC1(C)OC[C@@H](COC(=O)/C=N\OC#N)O1. The van der Waals surface area contributed by atoms with Crippen molar-refractivity contribution in [2.45, 2.75) is 25.7 Å². The second-order valence-corrected chi connectivity index (χ2v) is 3.50. The van der Waals surface area contributed by atoms with E-state index in [1.807, 2.05) is 0 Å². The van der Waals surface area contributed by atoms with E-state index in [2.05, 4.69) is 9.99 Å². The summed E-state index contributed by atoms with van der Waals surface area (Å²) in [5.74, 6) is -1.35. The first-order valence-corrected chi connectivity index (χ1v) is 4.60. The summed E-state index contributed by atoms with van der Waals surface area (Å²) in [5.41, 5.74) is 0. The van der Waals surface area contributed by atoms with Gasteiger partial charge in [0.2, 0.25) is 0 Å². The van der Waals surface area contributed by atoms with E-state index in [-0.39, 0.29) is 12.7 Å². The zero-order valence-electron chi connectivity index (χ0n) is 9.00. The van der Waals surface area contributed by atoms with Crippen molar-refractivity contribution < 1.29 is 23.8 Å². The lowest BCUT2D eigenvalue weighted by atomic mass is 10.4. The Balaban J connectivity index is 2.21. The van der Waals surface area contributed by atoms with Gasteiger partial charge < -0.3 is 14.2 Å². The summed E-state index contributed by atoms with van der Waals surface area (Å²) in [6.45, 7) is 3.99. The fraction of sp³-hybridized carbons (Fsp3) is 0.667. The number of esters is 1. The van der Waals surface area contributed by atoms with Gasteiger partial charge in [-0.05, 0) is 13.8 Å². The Hall–Kier alpha value is -1.65. The van der Waals surface area contributed by atoms with E-state index < -0.39 is 11.8 Å². The van der Waals surface area contributed by atoms with Crippen LogP contribution in [0.2, 0.25) is 0 Å². The van der Waals surface area contributed by atoms with Crippen LogP contribution < -0.4 is 0 Å². The van der Waals surface area contributed by atoms with Crippen LogP contribution in [0, 0.1) is 11.5 Å². The largest absolute Gasteiger partial charge is 0.458 e. The zero-order chi connectivity index (χ0) is 12.0. The number of hydrogen-bond acceptors (Lipinski definition) is 7. The van der Waals surface area contributed by atoms with Crippen LogP contribution >= 0.6 is 0 Å². The molecule has 7 nitrogen and oxygen atoms in total. The van der Waals surface area contributed by atoms with Crippen molar-refractivity contribution in [3.8, 4) is 6.26 Å². The number of carbonyl (C=O) groups is 1. The molecule has 0 amide bonds. The van der Waals surface area contributed by atoms with Gasteiger partial charge in [0.15, 0.2) is 12.0 Å². The van der Waals surface area contributed by atoms with Crippen molar-refractivity contribution in [3.63, 3.8) is 0 Å². The van der Waals surface area contributed by atoms with Crippen LogP contribution in [0.1, 0.15) is 13.8 Å². The quantitative estimate of drug-likeness (QED) is 0.295. The summed E-state index contributed by atoms with van der Waals surface area (Å²) in [6.07, 6.45) is 1.76. The molecule has 0 aromatic heterocycles. The van der Waals surface area contributed by atoms with Gasteiger partial charge in [0.1, 0.15) is 12.7 Å². The van der Waals surface area contributed by atoms with Gasteiger partial charge in [-0.25, -0.2) is 4.79 Å². The molecule has 1 heterocycles. The maximum absolute atomic E-state index is 11.0. The van der Waals surface area contributed by atoms with Crippen LogP contribution in [0.15, 0.2) is 5.16 Å². The standard InChI is InChI=1S/C9H12N2O5/c1-9(2)14-5-7(16-9)4-13-8(12)3-11-15-6-10/h3,7H,4-5H2,1-2H3/b11-3-/t7-/m1/s1. The average molecular weight is 228 g/mol. The van der Waals surface area contributed by atoms with Gasteiger partial charge >= 0.3 is 12.2 Å². The lowest BCUT2D eigenvalue weighted by Gasteiger charge is -2.16. The molecular formula is C9H12N2O5. The number of carbonyl (C=O) groups excluding carboxylic acids is 1. The highest BCUT2D eigenvalue weighted by Crippen LogP contribution is 2.22. The van der Waals surface area contributed by atoms with Crippen LogP contribution in [0.4, 0.5) is 0 Å². The molecule has 1 fully saturated rings. The molecule has 0 spiro atoms. The molecule has 1 rings (SSSR count). The minimum Gasteiger partial charge on any atom is -0.458 e. The summed E-state index contributed by atoms with van der Waals surface area (Å²) < 4.78 is 15.4. The van der Waals surface area contributed by atoms with Crippen molar-refractivity contribution in [3.05, 3.63) is 0 Å². The number of rotatable bonds is 4. The fourth-order valence-corrected chi connectivity index (χ4v) is 1.15. The molecule has 0 saturated carbocycles. The summed E-state index contributed by atoms with van der Waals surface area (Å²) >= 11 is 0. The van der Waals surface area contributed by atoms with Crippen molar-refractivity contribution in [2.75, 3.05) is 13.2 Å². The van der Waals surface area contributed by atoms with Gasteiger partial charge in [-0.2, -0.15) is 0 Å². The number of hydrogen-bond donors (Lipinski definition) is 0. The predicted molar refractivity (Wildman–Crippen MR) is 51.1 cm³/mol. The first-order valence-electron chi connectivity index (χ1n) is 4.60. The fourth-order valence-electron chi connectivity index (χ4n) is 1.15. The Morgan fingerprint density at radius 2 is 2.50 bits per heavy atom. The summed E-state index contributed by atoms with van der Waals surface area (Å²) in [4.78, 5) is 14.9. The van der Waals surface area contributed by atoms with Crippen molar-refractivity contribution in [1.82, 2.24) is 0 Å². The average Bonchev–Trinajstić information content (AvgIpc) is 2.56. The number of nitrogens with zero attached hydrogens (tertiary/aromatic N) is 2. The van der Waals surface area contributed by atoms with E-state index >= 15 is 0 Å². The molecule has 1 aliphatic heterocycles. The minimum atomic E-state index is -0.705. The van der Waals surface area contributed by atoms with E-state index in [1.54, 1.807) is 13.8 Å². The van der Waals surface area contributed by atoms with Crippen LogP contribution in [0.3, 0.4) is 0 Å². The molecule has 1 saturated heterocycles. The van der Waals surface area contributed by atoms with E-state index in [9.17, 15) is 4.79 Å². The molecule has 0 aromatic rings. The van der Waals surface area contributed by atoms with Crippen LogP contribution in [0.25, 0.3) is 0 Å². The maximum atomic E-state index is 11.0. The molecule has 1 aliphatic rings. The molecule has 7 heteroatoms. The predicted octanol–water partition coefficient (Wildman–Crippen LogP) is 0.165. The van der Waals surface area contributed by atoms with Gasteiger partial charge in [-0.15, -0.1) is 5.26 Å². The van der Waals surface area contributed by atoms with Gasteiger partial charge in [-0.1, -0.05) is 5.16 Å². The Morgan fingerprint density at radius 1 is 1.75 bits per heavy atom. The third-order valence-electron chi connectivity index (χ3n) is 1.73. The second-order valence-electron chi connectivity index (χ2n) is 3.50. The molecule has 0 aliphatic carbocycles. The third kappa shape index (κ3) is 4.25. The lowest BCUT2D eigenvalue weighted by Crippen LogP contribution is -2.25. The molecule has 1 atom stereocenters. The molecule has 0 aromatic carbocycles. The monoisotopic (exact) mass is 228 g/mol. The van der Waals surface area contributed by atoms with Gasteiger partial charge in [0.05, 0.1) is 6.61 Å². The Morgan fingerprint density at radius 3 is 3.06 bits per heavy atom. The molecule has 88 valence electrons. The van der Waals surface area contributed by atoms with Crippen molar-refractivity contribution in [1.29, 1.82) is 5.26 Å². The minimum absolute atomic E-state index is 0.0703. The summed E-state index contributed by atoms with van der Waals surface area (Å²) in [6, 6.07) is 0. The lowest BCUT2D eigenvalue weighted by molar-refractivity contribution is -0.153. The second kappa shape index (κ2) is 5.44. The zero-order valence-corrected chi connectivity index (χ0v) is 9.00. The van der Waals surface area contributed by atoms with Crippen LogP contribution in [0.5, 0.6) is 0 Å². The van der Waals surface area contributed by atoms with E-state index in [0.29, 0.717) is 6.61 Å². The van der Waals surface area contributed by atoms with Crippen molar-refractivity contribution in [2.24, 2.45) is 5.16 Å². The van der Waals surface area contributed by atoms with E-state index in [0.717, 1.165) is 6.21 Å². The molecular weight excluding hydrogens is 216 g/mol. The first-order chi connectivity index (χ1) is 7.53.